The van der Waals surface area contributed by atoms with Crippen molar-refractivity contribution in [2.75, 3.05) is 13.1 Å². The Labute approximate surface area is 111 Å². The van der Waals surface area contributed by atoms with E-state index in [1.807, 2.05) is 4.90 Å². The molecule has 2 aliphatic rings. The third-order valence-electron chi connectivity index (χ3n) is 4.85. The van der Waals surface area contributed by atoms with Gasteiger partial charge in [0.1, 0.15) is 0 Å². The Bertz CT molecular complexity index is 284. The van der Waals surface area contributed by atoms with Crippen molar-refractivity contribution in [1.29, 1.82) is 0 Å². The molecule has 0 radical (unpaired) electrons. The lowest BCUT2D eigenvalue weighted by Gasteiger charge is -2.39. The van der Waals surface area contributed by atoms with Gasteiger partial charge in [-0.2, -0.15) is 0 Å². The summed E-state index contributed by atoms with van der Waals surface area (Å²) in [5.41, 5.74) is 0. The molecule has 1 aliphatic heterocycles. The van der Waals surface area contributed by atoms with Crippen LogP contribution in [0.15, 0.2) is 0 Å². The first-order valence-corrected chi connectivity index (χ1v) is 7.58. The molecule has 1 N–H and O–H groups in total. The zero-order chi connectivity index (χ0) is 13.1. The van der Waals surface area contributed by atoms with Crippen LogP contribution < -0.4 is 5.32 Å². The van der Waals surface area contributed by atoms with Gasteiger partial charge in [-0.25, -0.2) is 0 Å². The molecule has 2 rings (SSSR count). The second-order valence-electron chi connectivity index (χ2n) is 6.45. The average molecular weight is 252 g/mol. The summed E-state index contributed by atoms with van der Waals surface area (Å²) in [5, 5.41) is 3.86. The first-order valence-electron chi connectivity index (χ1n) is 7.58. The van der Waals surface area contributed by atoms with Gasteiger partial charge in [0.25, 0.3) is 0 Å². The number of carbonyl (C=O) groups excluding carboxylic acids is 1. The van der Waals surface area contributed by atoms with Gasteiger partial charge in [0.05, 0.1) is 0 Å². The van der Waals surface area contributed by atoms with E-state index in [1.165, 1.54) is 19.3 Å². The molecule has 2 fully saturated rings. The summed E-state index contributed by atoms with van der Waals surface area (Å²) in [5.74, 6) is 1.91. The second kappa shape index (κ2) is 6.05. The quantitative estimate of drug-likeness (QED) is 0.818. The highest BCUT2D eigenvalue weighted by Crippen LogP contribution is 2.29. The largest absolute Gasteiger partial charge is 0.343 e. The fourth-order valence-corrected chi connectivity index (χ4v) is 3.43. The molecule has 0 aromatic heterocycles. The van der Waals surface area contributed by atoms with E-state index in [1.54, 1.807) is 6.92 Å². The van der Waals surface area contributed by atoms with Crippen molar-refractivity contribution in [2.45, 2.75) is 65.0 Å². The molecule has 3 heteroatoms. The van der Waals surface area contributed by atoms with E-state index in [9.17, 15) is 4.79 Å². The number of nitrogens with one attached hydrogen (secondary N) is 1. The summed E-state index contributed by atoms with van der Waals surface area (Å²) < 4.78 is 0. The first kappa shape index (κ1) is 13.9. The summed E-state index contributed by atoms with van der Waals surface area (Å²) in [7, 11) is 0. The van der Waals surface area contributed by atoms with Gasteiger partial charge in [-0.3, -0.25) is 4.79 Å². The van der Waals surface area contributed by atoms with Crippen LogP contribution in [0, 0.1) is 11.8 Å². The zero-order valence-electron chi connectivity index (χ0n) is 12.1. The molecule has 0 bridgehead atoms. The normalized spacial score (nSPS) is 34.6. The van der Waals surface area contributed by atoms with Gasteiger partial charge < -0.3 is 10.2 Å². The van der Waals surface area contributed by atoms with Crippen LogP contribution in [0.5, 0.6) is 0 Å². The van der Waals surface area contributed by atoms with E-state index < -0.39 is 0 Å². The van der Waals surface area contributed by atoms with E-state index in [2.05, 4.69) is 19.2 Å². The maximum atomic E-state index is 11.3. The molecule has 1 saturated heterocycles. The Morgan fingerprint density at radius 1 is 1.11 bits per heavy atom. The van der Waals surface area contributed by atoms with Crippen molar-refractivity contribution in [2.24, 2.45) is 11.8 Å². The topological polar surface area (TPSA) is 32.3 Å². The predicted octanol–water partition coefficient (Wildman–Crippen LogP) is 2.41. The standard InChI is InChI=1S/C15H28N2O/c1-11-4-5-12(2)15(10-11)16-14-6-8-17(9-7-14)13(3)18/h11-12,14-16H,4-10H2,1-3H3. The maximum absolute atomic E-state index is 11.3. The van der Waals surface area contributed by atoms with E-state index in [0.29, 0.717) is 12.1 Å². The molecule has 18 heavy (non-hydrogen) atoms. The molecule has 0 aromatic rings. The Morgan fingerprint density at radius 3 is 2.39 bits per heavy atom. The van der Waals surface area contributed by atoms with Crippen LogP contribution in [0.4, 0.5) is 0 Å². The Morgan fingerprint density at radius 2 is 1.78 bits per heavy atom. The summed E-state index contributed by atoms with van der Waals surface area (Å²) in [6.07, 6.45) is 6.33. The number of carbonyl (C=O) groups is 1. The van der Waals surface area contributed by atoms with E-state index in [4.69, 9.17) is 0 Å². The van der Waals surface area contributed by atoms with E-state index in [-0.39, 0.29) is 5.91 Å². The second-order valence-corrected chi connectivity index (χ2v) is 6.45. The predicted molar refractivity (Wildman–Crippen MR) is 74.4 cm³/mol. The molecule has 1 saturated carbocycles. The molecular formula is C15H28N2O. The Balaban J connectivity index is 1.78. The summed E-state index contributed by atoms with van der Waals surface area (Å²) in [4.78, 5) is 13.3. The van der Waals surface area contributed by atoms with Crippen LogP contribution in [0.25, 0.3) is 0 Å². The number of rotatable bonds is 2. The van der Waals surface area contributed by atoms with Crippen LogP contribution in [-0.2, 0) is 4.79 Å². The molecular weight excluding hydrogens is 224 g/mol. The Kier molecular flexibility index (Phi) is 4.66. The van der Waals surface area contributed by atoms with Crippen LogP contribution >= 0.6 is 0 Å². The third-order valence-corrected chi connectivity index (χ3v) is 4.85. The monoisotopic (exact) mass is 252 g/mol. The molecule has 3 unspecified atom stereocenters. The highest BCUT2D eigenvalue weighted by molar-refractivity contribution is 5.73. The van der Waals surface area contributed by atoms with Crippen LogP contribution in [0.3, 0.4) is 0 Å². The number of amides is 1. The minimum Gasteiger partial charge on any atom is -0.343 e. The number of piperidine rings is 1. The number of likely N-dealkylation sites (tertiary alicyclic amines) is 1. The number of nitrogens with zero attached hydrogens (tertiary/aromatic N) is 1. The minimum absolute atomic E-state index is 0.230. The molecule has 1 amide bonds. The highest BCUT2D eigenvalue weighted by atomic mass is 16.2. The van der Waals surface area contributed by atoms with Crippen molar-refractivity contribution in [1.82, 2.24) is 10.2 Å². The molecule has 104 valence electrons. The van der Waals surface area contributed by atoms with E-state index >= 15 is 0 Å². The van der Waals surface area contributed by atoms with Crippen LogP contribution in [0.2, 0.25) is 0 Å². The highest BCUT2D eigenvalue weighted by Gasteiger charge is 2.29. The smallest absolute Gasteiger partial charge is 0.219 e. The van der Waals surface area contributed by atoms with Crippen LogP contribution in [0.1, 0.15) is 52.9 Å². The van der Waals surface area contributed by atoms with Crippen molar-refractivity contribution in [3.63, 3.8) is 0 Å². The van der Waals surface area contributed by atoms with Crippen molar-refractivity contribution < 1.29 is 4.79 Å². The molecule has 3 nitrogen and oxygen atoms in total. The molecule has 1 aliphatic carbocycles. The molecule has 3 atom stereocenters. The first-order chi connectivity index (χ1) is 8.56. The number of hydrogen-bond acceptors (Lipinski definition) is 2. The average Bonchev–Trinajstić information content (AvgIpc) is 2.34. The van der Waals surface area contributed by atoms with Gasteiger partial charge in [0.15, 0.2) is 0 Å². The maximum Gasteiger partial charge on any atom is 0.219 e. The molecule has 1 heterocycles. The van der Waals surface area contributed by atoms with Gasteiger partial charge in [0, 0.05) is 32.1 Å². The third kappa shape index (κ3) is 3.47. The van der Waals surface area contributed by atoms with Gasteiger partial charge in [0.2, 0.25) is 5.91 Å². The van der Waals surface area contributed by atoms with Crippen molar-refractivity contribution in [3.05, 3.63) is 0 Å². The van der Waals surface area contributed by atoms with Crippen molar-refractivity contribution in [3.8, 4) is 0 Å². The summed E-state index contributed by atoms with van der Waals surface area (Å²) >= 11 is 0. The lowest BCUT2D eigenvalue weighted by molar-refractivity contribution is -0.129. The molecule has 0 spiro atoms. The SMILES string of the molecule is CC(=O)N1CCC(NC2CC(C)CCC2C)CC1. The fourth-order valence-electron chi connectivity index (χ4n) is 3.43. The van der Waals surface area contributed by atoms with Crippen molar-refractivity contribution >= 4 is 5.91 Å². The zero-order valence-corrected chi connectivity index (χ0v) is 12.1. The summed E-state index contributed by atoms with van der Waals surface area (Å²) in [6, 6.07) is 1.32. The summed E-state index contributed by atoms with van der Waals surface area (Å²) in [6.45, 7) is 8.30. The van der Waals surface area contributed by atoms with Gasteiger partial charge in [-0.15, -0.1) is 0 Å². The lowest BCUT2D eigenvalue weighted by atomic mass is 9.79. The minimum atomic E-state index is 0.230. The van der Waals surface area contributed by atoms with Gasteiger partial charge in [-0.05, 0) is 37.5 Å². The van der Waals surface area contributed by atoms with Gasteiger partial charge in [-0.1, -0.05) is 20.3 Å². The molecule has 0 aromatic carbocycles. The lowest BCUT2D eigenvalue weighted by Crippen LogP contribution is -2.50. The fraction of sp³-hybridized carbons (Fsp3) is 0.933. The van der Waals surface area contributed by atoms with Gasteiger partial charge >= 0.3 is 0 Å². The van der Waals surface area contributed by atoms with E-state index in [0.717, 1.165) is 37.8 Å². The Hall–Kier alpha value is -0.570. The number of hydrogen-bond donors (Lipinski definition) is 1. The van der Waals surface area contributed by atoms with Crippen LogP contribution in [-0.4, -0.2) is 36.0 Å².